The fraction of sp³-hybridized carbons (Fsp3) is 0.500. The highest BCUT2D eigenvalue weighted by atomic mass is 15.3. The van der Waals surface area contributed by atoms with Crippen molar-refractivity contribution in [1.82, 2.24) is 20.1 Å². The molecule has 0 atom stereocenters. The maximum atomic E-state index is 4.66. The van der Waals surface area contributed by atoms with Gasteiger partial charge < -0.3 is 5.32 Å². The summed E-state index contributed by atoms with van der Waals surface area (Å²) in [6, 6.07) is 2.65. The zero-order chi connectivity index (χ0) is 14.7. The van der Waals surface area contributed by atoms with E-state index in [1.54, 1.807) is 0 Å². The third-order valence-corrected chi connectivity index (χ3v) is 3.48. The minimum Gasteiger partial charge on any atom is -0.310 e. The molecular weight excluding hydrogens is 248 g/mol. The normalized spacial score (nSPS) is 11.3. The third kappa shape index (κ3) is 3.45. The number of aromatic nitrogens is 3. The van der Waals surface area contributed by atoms with Gasteiger partial charge >= 0.3 is 0 Å². The first-order valence-corrected chi connectivity index (χ1v) is 7.14. The minimum absolute atomic E-state index is 0.484. The Balaban J connectivity index is 2.19. The zero-order valence-electron chi connectivity index (χ0n) is 13.1. The number of nitrogens with zero attached hydrogens (tertiary/aromatic N) is 3. The van der Waals surface area contributed by atoms with Gasteiger partial charge in [0.15, 0.2) is 0 Å². The molecule has 0 saturated heterocycles. The lowest BCUT2D eigenvalue weighted by atomic mass is 10.2. The van der Waals surface area contributed by atoms with Crippen molar-refractivity contribution in [2.75, 3.05) is 0 Å². The lowest BCUT2D eigenvalue weighted by Gasteiger charge is -2.09. The van der Waals surface area contributed by atoms with Crippen molar-refractivity contribution in [2.45, 2.75) is 53.8 Å². The van der Waals surface area contributed by atoms with Gasteiger partial charge in [-0.2, -0.15) is 5.10 Å². The second-order valence-electron chi connectivity index (χ2n) is 5.71. The predicted octanol–water partition coefficient (Wildman–Crippen LogP) is 2.75. The Morgan fingerprint density at radius 2 is 1.95 bits per heavy atom. The molecule has 2 aromatic rings. The summed E-state index contributed by atoms with van der Waals surface area (Å²) in [4.78, 5) is 4.25. The molecule has 0 aliphatic carbocycles. The van der Waals surface area contributed by atoms with E-state index in [4.69, 9.17) is 0 Å². The topological polar surface area (TPSA) is 42.7 Å². The van der Waals surface area contributed by atoms with Crippen LogP contribution in [-0.4, -0.2) is 20.8 Å². The summed E-state index contributed by atoms with van der Waals surface area (Å²) < 4.78 is 2.07. The predicted molar refractivity (Wildman–Crippen MR) is 81.8 cm³/mol. The van der Waals surface area contributed by atoms with Crippen LogP contribution in [0.3, 0.4) is 0 Å². The summed E-state index contributed by atoms with van der Waals surface area (Å²) >= 11 is 0. The molecule has 0 aliphatic rings. The maximum absolute atomic E-state index is 4.66. The van der Waals surface area contributed by atoms with E-state index in [1.807, 2.05) is 12.4 Å². The SMILES string of the molecule is Cc1cncc(Cn2nc(C)c(CNC(C)C)c2C)c1. The summed E-state index contributed by atoms with van der Waals surface area (Å²) in [7, 11) is 0. The van der Waals surface area contributed by atoms with Crippen LogP contribution < -0.4 is 5.32 Å². The smallest absolute Gasteiger partial charge is 0.0677 e. The molecule has 0 saturated carbocycles. The van der Waals surface area contributed by atoms with Gasteiger partial charge in [-0.25, -0.2) is 0 Å². The van der Waals surface area contributed by atoms with E-state index in [1.165, 1.54) is 22.4 Å². The third-order valence-electron chi connectivity index (χ3n) is 3.48. The highest BCUT2D eigenvalue weighted by Gasteiger charge is 2.12. The molecule has 1 N–H and O–H groups in total. The molecule has 0 radical (unpaired) electrons. The standard InChI is InChI=1S/C16H24N4/c1-11(2)18-9-16-13(4)19-20(14(16)5)10-15-6-12(3)7-17-8-15/h6-8,11,18H,9-10H2,1-5H3. The molecule has 20 heavy (non-hydrogen) atoms. The highest BCUT2D eigenvalue weighted by molar-refractivity contribution is 5.26. The monoisotopic (exact) mass is 272 g/mol. The van der Waals surface area contributed by atoms with E-state index in [9.17, 15) is 0 Å². The molecule has 0 fully saturated rings. The van der Waals surface area contributed by atoms with Crippen LogP contribution in [0, 0.1) is 20.8 Å². The molecule has 108 valence electrons. The Morgan fingerprint density at radius 3 is 2.60 bits per heavy atom. The van der Waals surface area contributed by atoms with Crippen molar-refractivity contribution in [3.05, 3.63) is 46.5 Å². The van der Waals surface area contributed by atoms with Crippen LogP contribution in [0.25, 0.3) is 0 Å². The van der Waals surface area contributed by atoms with Crippen LogP contribution in [0.5, 0.6) is 0 Å². The summed E-state index contributed by atoms with van der Waals surface area (Å²) in [5.74, 6) is 0. The molecular formula is C16H24N4. The number of pyridine rings is 1. The number of hydrogen-bond donors (Lipinski definition) is 1. The molecule has 0 amide bonds. The van der Waals surface area contributed by atoms with Crippen LogP contribution in [0.1, 0.15) is 41.9 Å². The van der Waals surface area contributed by atoms with Crippen LogP contribution in [0.15, 0.2) is 18.5 Å². The molecule has 2 rings (SSSR count). The summed E-state index contributed by atoms with van der Waals surface area (Å²) in [6.07, 6.45) is 3.79. The Labute approximate surface area is 121 Å². The van der Waals surface area contributed by atoms with Crippen LogP contribution in [-0.2, 0) is 13.1 Å². The van der Waals surface area contributed by atoms with E-state index in [-0.39, 0.29) is 0 Å². The van der Waals surface area contributed by atoms with Gasteiger partial charge in [0.05, 0.1) is 12.2 Å². The van der Waals surface area contributed by atoms with E-state index in [2.05, 4.69) is 60.8 Å². The first-order valence-electron chi connectivity index (χ1n) is 7.14. The molecule has 2 heterocycles. The van der Waals surface area contributed by atoms with Gasteiger partial charge in [0, 0.05) is 36.2 Å². The number of hydrogen-bond acceptors (Lipinski definition) is 3. The van der Waals surface area contributed by atoms with Crippen LogP contribution in [0.2, 0.25) is 0 Å². The van der Waals surface area contributed by atoms with Gasteiger partial charge in [-0.05, 0) is 31.9 Å². The Kier molecular flexibility index (Phi) is 4.55. The average Bonchev–Trinajstić information content (AvgIpc) is 2.62. The molecule has 4 heteroatoms. The molecule has 0 spiro atoms. The van der Waals surface area contributed by atoms with Crippen molar-refractivity contribution in [1.29, 1.82) is 0 Å². The fourth-order valence-electron chi connectivity index (χ4n) is 2.33. The number of rotatable bonds is 5. The summed E-state index contributed by atoms with van der Waals surface area (Å²) in [6.45, 7) is 12.3. The quantitative estimate of drug-likeness (QED) is 0.910. The first-order chi connectivity index (χ1) is 9.47. The Hall–Kier alpha value is -1.68. The van der Waals surface area contributed by atoms with Crippen molar-refractivity contribution in [3.63, 3.8) is 0 Å². The lowest BCUT2D eigenvalue weighted by Crippen LogP contribution is -2.22. The van der Waals surface area contributed by atoms with Gasteiger partial charge in [-0.1, -0.05) is 19.9 Å². The first kappa shape index (κ1) is 14.7. The van der Waals surface area contributed by atoms with E-state index in [0.29, 0.717) is 6.04 Å². The lowest BCUT2D eigenvalue weighted by molar-refractivity contribution is 0.584. The molecule has 4 nitrogen and oxygen atoms in total. The van der Waals surface area contributed by atoms with Crippen LogP contribution >= 0.6 is 0 Å². The zero-order valence-corrected chi connectivity index (χ0v) is 13.1. The molecule has 0 bridgehead atoms. The van der Waals surface area contributed by atoms with Gasteiger partial charge in [-0.3, -0.25) is 9.67 Å². The van der Waals surface area contributed by atoms with E-state index < -0.39 is 0 Å². The van der Waals surface area contributed by atoms with Crippen molar-refractivity contribution in [3.8, 4) is 0 Å². The Morgan fingerprint density at radius 1 is 1.20 bits per heavy atom. The van der Waals surface area contributed by atoms with E-state index >= 15 is 0 Å². The second-order valence-corrected chi connectivity index (χ2v) is 5.71. The minimum atomic E-state index is 0.484. The van der Waals surface area contributed by atoms with Crippen molar-refractivity contribution < 1.29 is 0 Å². The fourth-order valence-corrected chi connectivity index (χ4v) is 2.33. The largest absolute Gasteiger partial charge is 0.310 e. The van der Waals surface area contributed by atoms with Crippen molar-refractivity contribution >= 4 is 0 Å². The van der Waals surface area contributed by atoms with Crippen molar-refractivity contribution in [2.24, 2.45) is 0 Å². The summed E-state index contributed by atoms with van der Waals surface area (Å²) in [5.41, 5.74) is 6.03. The van der Waals surface area contributed by atoms with Crippen LogP contribution in [0.4, 0.5) is 0 Å². The molecule has 0 aliphatic heterocycles. The van der Waals surface area contributed by atoms with Gasteiger partial charge in [0.1, 0.15) is 0 Å². The molecule has 2 aromatic heterocycles. The molecule has 0 unspecified atom stereocenters. The number of nitrogens with one attached hydrogen (secondary N) is 1. The number of aryl methyl sites for hydroxylation is 2. The van der Waals surface area contributed by atoms with Gasteiger partial charge in [0.25, 0.3) is 0 Å². The average molecular weight is 272 g/mol. The van der Waals surface area contributed by atoms with E-state index in [0.717, 1.165) is 18.8 Å². The van der Waals surface area contributed by atoms with Gasteiger partial charge in [-0.15, -0.1) is 0 Å². The molecule has 0 aromatic carbocycles. The Bertz CT molecular complexity index is 584. The second kappa shape index (κ2) is 6.18. The van der Waals surface area contributed by atoms with Gasteiger partial charge in [0.2, 0.25) is 0 Å². The summed E-state index contributed by atoms with van der Waals surface area (Å²) in [5, 5.41) is 8.13. The highest BCUT2D eigenvalue weighted by Crippen LogP contribution is 2.15. The maximum Gasteiger partial charge on any atom is 0.0677 e.